The molecule has 1 aliphatic rings. The number of nitrogens with zero attached hydrogens (tertiary/aromatic N) is 2. The van der Waals surface area contributed by atoms with Crippen LogP contribution in [0.25, 0.3) is 0 Å². The number of rotatable bonds is 2. The molecule has 0 aromatic carbocycles. The summed E-state index contributed by atoms with van der Waals surface area (Å²) in [6, 6.07) is 0. The zero-order valence-corrected chi connectivity index (χ0v) is 10.1. The van der Waals surface area contributed by atoms with Crippen LogP contribution in [0, 0.1) is 5.92 Å². The van der Waals surface area contributed by atoms with Crippen LogP contribution in [0.3, 0.4) is 0 Å². The molecule has 88 valence electrons. The van der Waals surface area contributed by atoms with E-state index in [1.54, 1.807) is 0 Å². The van der Waals surface area contributed by atoms with Crippen molar-refractivity contribution < 1.29 is 9.53 Å². The monoisotopic (exact) mass is 222 g/mol. The zero-order chi connectivity index (χ0) is 11.7. The van der Waals surface area contributed by atoms with Crippen molar-refractivity contribution >= 4 is 5.97 Å². The molecule has 0 spiro atoms. The van der Waals surface area contributed by atoms with Gasteiger partial charge in [0.2, 0.25) is 0 Å². The van der Waals surface area contributed by atoms with E-state index in [4.69, 9.17) is 4.74 Å². The third-order valence-corrected chi connectivity index (χ3v) is 3.18. The van der Waals surface area contributed by atoms with Crippen LogP contribution in [0.4, 0.5) is 0 Å². The van der Waals surface area contributed by atoms with Crippen LogP contribution in [0.5, 0.6) is 0 Å². The van der Waals surface area contributed by atoms with Crippen molar-refractivity contribution in [1.82, 2.24) is 9.55 Å². The molecule has 4 nitrogen and oxygen atoms in total. The minimum atomic E-state index is -0.0986. The van der Waals surface area contributed by atoms with Gasteiger partial charge in [0.05, 0.1) is 13.0 Å². The lowest BCUT2D eigenvalue weighted by Gasteiger charge is -2.23. The number of hydrogen-bond acceptors (Lipinski definition) is 3. The Kier molecular flexibility index (Phi) is 2.99. The highest BCUT2D eigenvalue weighted by Gasteiger charge is 2.27. The Morgan fingerprint density at radius 1 is 1.62 bits per heavy atom. The normalized spacial score (nSPS) is 19.6. The molecule has 0 N–H and O–H groups in total. The predicted octanol–water partition coefficient (Wildman–Crippen LogP) is 1.74. The van der Waals surface area contributed by atoms with Gasteiger partial charge in [0.25, 0.3) is 0 Å². The van der Waals surface area contributed by atoms with Crippen LogP contribution in [-0.2, 0) is 22.5 Å². The van der Waals surface area contributed by atoms with Crippen LogP contribution >= 0.6 is 0 Å². The fraction of sp³-hybridized carbons (Fsp3) is 0.667. The fourth-order valence-corrected chi connectivity index (χ4v) is 2.32. The first-order chi connectivity index (χ1) is 7.63. The molecule has 1 aromatic rings. The predicted molar refractivity (Wildman–Crippen MR) is 60.1 cm³/mol. The highest BCUT2D eigenvalue weighted by Crippen LogP contribution is 2.25. The Balaban J connectivity index is 2.20. The van der Waals surface area contributed by atoms with Crippen LogP contribution < -0.4 is 0 Å². The number of carbonyl (C=O) groups is 1. The molecular formula is C12H18N2O2. The summed E-state index contributed by atoms with van der Waals surface area (Å²) in [4.78, 5) is 15.9. The molecule has 0 radical (unpaired) electrons. The summed E-state index contributed by atoms with van der Waals surface area (Å²) >= 11 is 0. The lowest BCUT2D eigenvalue weighted by molar-refractivity contribution is -0.146. The van der Waals surface area contributed by atoms with Crippen LogP contribution in [0.2, 0.25) is 0 Å². The molecule has 1 aliphatic heterocycles. The van der Waals surface area contributed by atoms with E-state index in [9.17, 15) is 4.79 Å². The Bertz CT molecular complexity index is 396. The molecule has 1 atom stereocenters. The molecule has 0 aliphatic carbocycles. The molecule has 0 saturated carbocycles. The maximum atomic E-state index is 11.5. The van der Waals surface area contributed by atoms with E-state index < -0.39 is 0 Å². The standard InChI is InChI=1S/C12H18N2O2/c1-8(2)11-13-7-10-6-9(12(15)16-3)4-5-14(10)11/h7-9H,4-6H2,1-3H3. The van der Waals surface area contributed by atoms with Crippen LogP contribution in [0.1, 0.15) is 37.7 Å². The molecule has 0 saturated heterocycles. The van der Waals surface area contributed by atoms with Crippen molar-refractivity contribution in [2.24, 2.45) is 5.92 Å². The summed E-state index contributed by atoms with van der Waals surface area (Å²) in [6.07, 6.45) is 3.51. The number of methoxy groups -OCH3 is 1. The number of aromatic nitrogens is 2. The smallest absolute Gasteiger partial charge is 0.309 e. The summed E-state index contributed by atoms with van der Waals surface area (Å²) in [6.45, 7) is 5.16. The molecule has 0 fully saturated rings. The molecule has 4 heteroatoms. The summed E-state index contributed by atoms with van der Waals surface area (Å²) in [5.74, 6) is 1.47. The SMILES string of the molecule is COC(=O)C1CCn2c(cnc2C(C)C)C1. The van der Waals surface area contributed by atoms with Crippen molar-refractivity contribution in [3.8, 4) is 0 Å². The quantitative estimate of drug-likeness (QED) is 0.716. The first-order valence-electron chi connectivity index (χ1n) is 5.75. The van der Waals surface area contributed by atoms with E-state index in [0.29, 0.717) is 5.92 Å². The van der Waals surface area contributed by atoms with Crippen molar-refractivity contribution in [2.75, 3.05) is 7.11 Å². The minimum Gasteiger partial charge on any atom is -0.469 e. The summed E-state index contributed by atoms with van der Waals surface area (Å²) in [5, 5.41) is 0. The van der Waals surface area contributed by atoms with E-state index in [1.807, 2.05) is 6.20 Å². The molecule has 16 heavy (non-hydrogen) atoms. The van der Waals surface area contributed by atoms with Gasteiger partial charge in [0.1, 0.15) is 5.82 Å². The molecular weight excluding hydrogens is 204 g/mol. The Labute approximate surface area is 95.6 Å². The number of carbonyl (C=O) groups excluding carboxylic acids is 1. The lowest BCUT2D eigenvalue weighted by Crippen LogP contribution is -2.27. The van der Waals surface area contributed by atoms with Gasteiger partial charge in [-0.25, -0.2) is 4.98 Å². The Morgan fingerprint density at radius 3 is 3.00 bits per heavy atom. The van der Waals surface area contributed by atoms with Gasteiger partial charge in [-0.3, -0.25) is 4.79 Å². The van der Waals surface area contributed by atoms with Crippen LogP contribution in [-0.4, -0.2) is 22.6 Å². The minimum absolute atomic E-state index is 0.00853. The van der Waals surface area contributed by atoms with Gasteiger partial charge in [-0.1, -0.05) is 13.8 Å². The number of imidazole rings is 1. The number of esters is 1. The first kappa shape index (κ1) is 11.2. The Hall–Kier alpha value is -1.32. The first-order valence-corrected chi connectivity index (χ1v) is 5.75. The van der Waals surface area contributed by atoms with E-state index in [-0.39, 0.29) is 11.9 Å². The van der Waals surface area contributed by atoms with Crippen molar-refractivity contribution in [3.63, 3.8) is 0 Å². The van der Waals surface area contributed by atoms with E-state index in [2.05, 4.69) is 23.4 Å². The molecule has 2 rings (SSSR count). The van der Waals surface area contributed by atoms with E-state index in [1.165, 1.54) is 7.11 Å². The van der Waals surface area contributed by atoms with Gasteiger partial charge in [-0.2, -0.15) is 0 Å². The summed E-state index contributed by atoms with van der Waals surface area (Å²) < 4.78 is 7.03. The topological polar surface area (TPSA) is 44.1 Å². The Morgan fingerprint density at radius 2 is 2.38 bits per heavy atom. The van der Waals surface area contributed by atoms with Gasteiger partial charge in [0.15, 0.2) is 0 Å². The van der Waals surface area contributed by atoms with Gasteiger partial charge in [-0.05, 0) is 6.42 Å². The third-order valence-electron chi connectivity index (χ3n) is 3.18. The second-order valence-electron chi connectivity index (χ2n) is 4.63. The molecule has 0 bridgehead atoms. The van der Waals surface area contributed by atoms with E-state index >= 15 is 0 Å². The summed E-state index contributed by atoms with van der Waals surface area (Å²) in [5.41, 5.74) is 1.16. The largest absolute Gasteiger partial charge is 0.469 e. The maximum Gasteiger partial charge on any atom is 0.309 e. The van der Waals surface area contributed by atoms with Crippen LogP contribution in [0.15, 0.2) is 6.20 Å². The molecule has 0 amide bonds. The second-order valence-corrected chi connectivity index (χ2v) is 4.63. The number of ether oxygens (including phenoxy) is 1. The highest BCUT2D eigenvalue weighted by atomic mass is 16.5. The lowest BCUT2D eigenvalue weighted by atomic mass is 9.96. The number of hydrogen-bond donors (Lipinski definition) is 0. The van der Waals surface area contributed by atoms with Crippen molar-refractivity contribution in [3.05, 3.63) is 17.7 Å². The van der Waals surface area contributed by atoms with Gasteiger partial charge in [0, 0.05) is 30.8 Å². The highest BCUT2D eigenvalue weighted by molar-refractivity contribution is 5.72. The van der Waals surface area contributed by atoms with Gasteiger partial charge < -0.3 is 9.30 Å². The molecule has 2 heterocycles. The van der Waals surface area contributed by atoms with Gasteiger partial charge in [-0.15, -0.1) is 0 Å². The van der Waals surface area contributed by atoms with Crippen molar-refractivity contribution in [2.45, 2.75) is 39.2 Å². The summed E-state index contributed by atoms with van der Waals surface area (Å²) in [7, 11) is 1.45. The fourth-order valence-electron chi connectivity index (χ4n) is 2.32. The second kappa shape index (κ2) is 4.28. The number of fused-ring (bicyclic) bond motifs is 1. The average molecular weight is 222 g/mol. The molecule has 1 aromatic heterocycles. The maximum absolute atomic E-state index is 11.5. The van der Waals surface area contributed by atoms with Gasteiger partial charge >= 0.3 is 5.97 Å². The van der Waals surface area contributed by atoms with E-state index in [0.717, 1.165) is 30.9 Å². The zero-order valence-electron chi connectivity index (χ0n) is 10.1. The average Bonchev–Trinajstić information content (AvgIpc) is 2.70. The molecule has 1 unspecified atom stereocenters. The van der Waals surface area contributed by atoms with Crippen molar-refractivity contribution in [1.29, 1.82) is 0 Å². The third kappa shape index (κ3) is 1.84.